The van der Waals surface area contributed by atoms with Gasteiger partial charge >= 0.3 is 5.97 Å². The molecule has 0 atom stereocenters. The molecule has 0 radical (unpaired) electrons. The van der Waals surface area contributed by atoms with Crippen molar-refractivity contribution in [3.05, 3.63) is 47.2 Å². The number of aromatic nitrogens is 1. The fourth-order valence-electron chi connectivity index (χ4n) is 2.56. The number of nitrogens with one attached hydrogen (secondary N) is 2. The van der Waals surface area contributed by atoms with Crippen LogP contribution in [0.25, 0.3) is 0 Å². The number of halogens is 1. The largest absolute Gasteiger partial charge is 0.451 e. The Bertz CT molecular complexity index is 818. The van der Waals surface area contributed by atoms with Crippen molar-refractivity contribution in [1.82, 2.24) is 4.98 Å². The Morgan fingerprint density at radius 1 is 1.32 bits per heavy atom. The first-order valence-electron chi connectivity index (χ1n) is 7.74. The van der Waals surface area contributed by atoms with E-state index in [0.29, 0.717) is 23.7 Å². The zero-order valence-corrected chi connectivity index (χ0v) is 14.0. The zero-order chi connectivity index (χ0) is 17.8. The molecule has 0 unspecified atom stereocenters. The summed E-state index contributed by atoms with van der Waals surface area (Å²) in [6.45, 7) is 0.245. The fourth-order valence-corrected chi connectivity index (χ4v) is 2.73. The average Bonchev–Trinajstić information content (AvgIpc) is 3.21. The Balaban J connectivity index is 1.56. The molecule has 130 valence electrons. The summed E-state index contributed by atoms with van der Waals surface area (Å²) in [6.07, 6.45) is 2.81. The summed E-state index contributed by atoms with van der Waals surface area (Å²) in [4.78, 5) is 39.8. The highest BCUT2D eigenvalue weighted by molar-refractivity contribution is 6.30. The van der Waals surface area contributed by atoms with Crippen LogP contribution >= 0.6 is 11.6 Å². The number of esters is 1. The molecule has 1 aliphatic heterocycles. The van der Waals surface area contributed by atoms with Gasteiger partial charge in [-0.2, -0.15) is 0 Å². The Morgan fingerprint density at radius 3 is 2.84 bits per heavy atom. The topological polar surface area (TPSA) is 91.5 Å². The maximum atomic E-state index is 11.9. The predicted octanol–water partition coefficient (Wildman–Crippen LogP) is 2.59. The van der Waals surface area contributed by atoms with E-state index in [1.165, 1.54) is 12.3 Å². The molecule has 2 aromatic rings. The lowest BCUT2D eigenvalue weighted by Gasteiger charge is -2.16. The van der Waals surface area contributed by atoms with Gasteiger partial charge in [-0.1, -0.05) is 17.7 Å². The number of rotatable bonds is 5. The minimum Gasteiger partial charge on any atom is -0.451 e. The second kappa shape index (κ2) is 7.40. The van der Waals surface area contributed by atoms with Crippen LogP contribution in [0.4, 0.5) is 11.4 Å². The molecule has 7 nitrogen and oxygen atoms in total. The number of benzene rings is 1. The van der Waals surface area contributed by atoms with Crippen molar-refractivity contribution in [2.75, 3.05) is 23.4 Å². The summed E-state index contributed by atoms with van der Waals surface area (Å²) >= 11 is 5.71. The molecule has 1 aromatic carbocycles. The van der Waals surface area contributed by atoms with Crippen molar-refractivity contribution in [1.29, 1.82) is 0 Å². The van der Waals surface area contributed by atoms with Crippen molar-refractivity contribution >= 4 is 40.8 Å². The molecule has 2 N–H and O–H groups in total. The van der Waals surface area contributed by atoms with Crippen LogP contribution in [0.15, 0.2) is 36.5 Å². The van der Waals surface area contributed by atoms with Gasteiger partial charge in [0.2, 0.25) is 5.91 Å². The van der Waals surface area contributed by atoms with Crippen LogP contribution < -0.4 is 10.2 Å². The number of carbonyl (C=O) groups is 3. The number of nitrogens with zero attached hydrogens (tertiary/aromatic N) is 1. The van der Waals surface area contributed by atoms with Crippen LogP contribution in [-0.2, 0) is 14.3 Å². The van der Waals surface area contributed by atoms with Crippen molar-refractivity contribution in [3.8, 4) is 0 Å². The SMILES string of the molecule is O=C(COC(=O)c1cc(Cl)c[nH]1)Nc1cccc(N2CCCC2=O)c1. The van der Waals surface area contributed by atoms with Gasteiger partial charge in [-0.25, -0.2) is 4.79 Å². The van der Waals surface area contributed by atoms with Crippen LogP contribution in [0.5, 0.6) is 0 Å². The van der Waals surface area contributed by atoms with Gasteiger partial charge in [0, 0.05) is 30.5 Å². The normalized spacial score (nSPS) is 13.8. The highest BCUT2D eigenvalue weighted by atomic mass is 35.5. The van der Waals surface area contributed by atoms with Crippen LogP contribution in [-0.4, -0.2) is 35.9 Å². The Hall–Kier alpha value is -2.80. The number of amides is 2. The molecule has 0 bridgehead atoms. The Kier molecular flexibility index (Phi) is 5.04. The van der Waals surface area contributed by atoms with E-state index in [2.05, 4.69) is 10.3 Å². The lowest BCUT2D eigenvalue weighted by atomic mass is 10.2. The molecule has 0 spiro atoms. The molecule has 8 heteroatoms. The molecule has 2 heterocycles. The molecule has 25 heavy (non-hydrogen) atoms. The third-order valence-corrected chi connectivity index (χ3v) is 3.94. The van der Waals surface area contributed by atoms with E-state index < -0.39 is 18.5 Å². The van der Waals surface area contributed by atoms with Crippen LogP contribution in [0.3, 0.4) is 0 Å². The first-order valence-corrected chi connectivity index (χ1v) is 8.12. The van der Waals surface area contributed by atoms with E-state index in [4.69, 9.17) is 16.3 Å². The number of anilines is 2. The third kappa shape index (κ3) is 4.19. The maximum Gasteiger partial charge on any atom is 0.355 e. The highest BCUT2D eigenvalue weighted by Crippen LogP contribution is 2.24. The minimum atomic E-state index is -0.668. The summed E-state index contributed by atoms with van der Waals surface area (Å²) in [5, 5.41) is 3.02. The summed E-state index contributed by atoms with van der Waals surface area (Å²) in [6, 6.07) is 8.40. The van der Waals surface area contributed by atoms with E-state index >= 15 is 0 Å². The molecule has 0 aliphatic carbocycles. The summed E-state index contributed by atoms with van der Waals surface area (Å²) in [7, 11) is 0. The molecule has 0 saturated carbocycles. The van der Waals surface area contributed by atoms with Crippen LogP contribution in [0.1, 0.15) is 23.3 Å². The standard InChI is InChI=1S/C17H16ClN3O4/c18-11-7-14(19-9-11)17(24)25-10-15(22)20-12-3-1-4-13(8-12)21-6-2-5-16(21)23/h1,3-4,7-9,19H,2,5-6,10H2,(H,20,22). The molecule has 3 rings (SSSR count). The van der Waals surface area contributed by atoms with Crippen molar-refractivity contribution in [2.24, 2.45) is 0 Å². The predicted molar refractivity (Wildman–Crippen MR) is 92.7 cm³/mol. The van der Waals surface area contributed by atoms with Gasteiger partial charge in [-0.3, -0.25) is 9.59 Å². The molecule has 1 aromatic heterocycles. The molecule has 1 aliphatic rings. The van der Waals surface area contributed by atoms with Gasteiger partial charge < -0.3 is 19.9 Å². The lowest BCUT2D eigenvalue weighted by Crippen LogP contribution is -2.24. The quantitative estimate of drug-likeness (QED) is 0.801. The van der Waals surface area contributed by atoms with Gasteiger partial charge in [0.1, 0.15) is 5.69 Å². The number of ether oxygens (including phenoxy) is 1. The number of carbonyl (C=O) groups excluding carboxylic acids is 3. The van der Waals surface area contributed by atoms with E-state index in [-0.39, 0.29) is 11.6 Å². The minimum absolute atomic E-state index is 0.0713. The zero-order valence-electron chi connectivity index (χ0n) is 13.3. The number of hydrogen-bond acceptors (Lipinski definition) is 4. The van der Waals surface area contributed by atoms with Crippen molar-refractivity contribution < 1.29 is 19.1 Å². The average molecular weight is 362 g/mol. The van der Waals surface area contributed by atoms with Gasteiger partial charge in [0.25, 0.3) is 5.91 Å². The third-order valence-electron chi connectivity index (χ3n) is 3.72. The maximum absolute atomic E-state index is 11.9. The monoisotopic (exact) mass is 361 g/mol. The second-order valence-electron chi connectivity index (χ2n) is 5.56. The van der Waals surface area contributed by atoms with E-state index in [1.807, 2.05) is 6.07 Å². The fraction of sp³-hybridized carbons (Fsp3) is 0.235. The second-order valence-corrected chi connectivity index (χ2v) is 5.99. The Labute approximate surface area is 148 Å². The van der Waals surface area contributed by atoms with Gasteiger partial charge in [0.05, 0.1) is 5.02 Å². The van der Waals surface area contributed by atoms with Gasteiger partial charge in [-0.15, -0.1) is 0 Å². The van der Waals surface area contributed by atoms with E-state index in [9.17, 15) is 14.4 Å². The summed E-state index contributed by atoms with van der Waals surface area (Å²) in [5.41, 5.74) is 1.44. The smallest absolute Gasteiger partial charge is 0.355 e. The first-order chi connectivity index (χ1) is 12.0. The van der Waals surface area contributed by atoms with Crippen molar-refractivity contribution in [3.63, 3.8) is 0 Å². The Morgan fingerprint density at radius 2 is 2.16 bits per heavy atom. The van der Waals surface area contributed by atoms with Crippen LogP contribution in [0.2, 0.25) is 5.02 Å². The molecule has 2 amide bonds. The number of H-pyrrole nitrogens is 1. The number of aromatic amines is 1. The van der Waals surface area contributed by atoms with E-state index in [0.717, 1.165) is 12.1 Å². The molecule has 1 saturated heterocycles. The van der Waals surface area contributed by atoms with Gasteiger partial charge in [-0.05, 0) is 30.7 Å². The first kappa shape index (κ1) is 17.0. The molecule has 1 fully saturated rings. The summed E-state index contributed by atoms with van der Waals surface area (Å²) in [5.74, 6) is -1.07. The molecular weight excluding hydrogens is 346 g/mol. The molecular formula is C17H16ClN3O4. The summed E-state index contributed by atoms with van der Waals surface area (Å²) < 4.78 is 4.92. The number of hydrogen-bond donors (Lipinski definition) is 2. The van der Waals surface area contributed by atoms with Crippen molar-refractivity contribution in [2.45, 2.75) is 12.8 Å². The van der Waals surface area contributed by atoms with Crippen LogP contribution in [0, 0.1) is 0 Å². The highest BCUT2D eigenvalue weighted by Gasteiger charge is 2.21. The lowest BCUT2D eigenvalue weighted by molar-refractivity contribution is -0.119. The van der Waals surface area contributed by atoms with E-state index in [1.54, 1.807) is 23.1 Å². The van der Waals surface area contributed by atoms with Gasteiger partial charge in [0.15, 0.2) is 6.61 Å².